The van der Waals surface area contributed by atoms with E-state index in [1.54, 1.807) is 6.92 Å². The highest BCUT2D eigenvalue weighted by Crippen LogP contribution is 2.00. The average Bonchev–Trinajstić information content (AvgIpc) is 2.17. The Bertz CT molecular complexity index is 384. The normalized spacial score (nSPS) is 11.5. The second kappa shape index (κ2) is 4.38. The molecule has 1 atom stereocenters. The number of carbonyl (C=O) groups excluding carboxylic acids is 1. The number of pyridine rings is 1. The lowest BCUT2D eigenvalue weighted by molar-refractivity contribution is 0.0947. The van der Waals surface area contributed by atoms with Gasteiger partial charge in [0.15, 0.2) is 0 Å². The van der Waals surface area contributed by atoms with E-state index in [0.717, 1.165) is 6.07 Å². The van der Waals surface area contributed by atoms with E-state index in [-0.39, 0.29) is 11.6 Å². The van der Waals surface area contributed by atoms with Gasteiger partial charge < -0.3 is 5.32 Å². The van der Waals surface area contributed by atoms with Crippen LogP contribution in [0.25, 0.3) is 0 Å². The summed E-state index contributed by atoms with van der Waals surface area (Å²) in [5.41, 5.74) is 0.208. The summed E-state index contributed by atoms with van der Waals surface area (Å²) in [5, 5.41) is 2.50. The van der Waals surface area contributed by atoms with Crippen molar-refractivity contribution in [2.75, 3.05) is 0 Å². The quantitative estimate of drug-likeness (QED) is 0.560. The van der Waals surface area contributed by atoms with Crippen molar-refractivity contribution < 1.29 is 9.18 Å². The van der Waals surface area contributed by atoms with Gasteiger partial charge in [-0.15, -0.1) is 6.42 Å². The van der Waals surface area contributed by atoms with Crippen LogP contribution in [0.5, 0.6) is 0 Å². The molecule has 1 rings (SSSR count). The molecule has 0 spiro atoms. The number of hydrogen-bond donors (Lipinski definition) is 1. The van der Waals surface area contributed by atoms with Crippen LogP contribution in [-0.2, 0) is 0 Å². The largest absolute Gasteiger partial charge is 0.339 e. The molecule has 1 aromatic rings. The van der Waals surface area contributed by atoms with E-state index in [9.17, 15) is 9.18 Å². The third kappa shape index (κ3) is 2.56. The van der Waals surface area contributed by atoms with Crippen LogP contribution < -0.4 is 5.32 Å². The third-order valence-corrected chi connectivity index (χ3v) is 1.59. The lowest BCUT2D eigenvalue weighted by atomic mass is 10.2. The summed E-state index contributed by atoms with van der Waals surface area (Å²) in [5.74, 6) is 1.24. The SMILES string of the molecule is C#CC(C)NC(=O)c1ccnc(F)c1. The van der Waals surface area contributed by atoms with E-state index >= 15 is 0 Å². The maximum absolute atomic E-state index is 12.6. The smallest absolute Gasteiger partial charge is 0.252 e. The summed E-state index contributed by atoms with van der Waals surface area (Å²) in [4.78, 5) is 14.7. The van der Waals surface area contributed by atoms with Gasteiger partial charge in [-0.3, -0.25) is 4.79 Å². The molecule has 1 N–H and O–H groups in total. The molecule has 0 radical (unpaired) electrons. The molecule has 0 aliphatic carbocycles. The highest BCUT2D eigenvalue weighted by Gasteiger charge is 2.08. The van der Waals surface area contributed by atoms with E-state index in [1.165, 1.54) is 12.3 Å². The van der Waals surface area contributed by atoms with Crippen molar-refractivity contribution >= 4 is 5.91 Å². The van der Waals surface area contributed by atoms with Gasteiger partial charge >= 0.3 is 0 Å². The molecule has 0 aromatic carbocycles. The Labute approximate surface area is 81.4 Å². The number of nitrogens with one attached hydrogen (secondary N) is 1. The fourth-order valence-corrected chi connectivity index (χ4v) is 0.865. The van der Waals surface area contributed by atoms with E-state index in [0.29, 0.717) is 0 Å². The number of rotatable bonds is 2. The van der Waals surface area contributed by atoms with Crippen molar-refractivity contribution in [3.63, 3.8) is 0 Å². The molecule has 1 amide bonds. The Balaban J connectivity index is 2.76. The first-order chi connectivity index (χ1) is 6.63. The van der Waals surface area contributed by atoms with Crippen molar-refractivity contribution in [3.05, 3.63) is 29.8 Å². The highest BCUT2D eigenvalue weighted by atomic mass is 19.1. The minimum atomic E-state index is -0.689. The van der Waals surface area contributed by atoms with E-state index in [1.807, 2.05) is 0 Å². The molecule has 0 saturated carbocycles. The Hall–Kier alpha value is -1.89. The van der Waals surface area contributed by atoms with Gasteiger partial charge in [-0.2, -0.15) is 4.39 Å². The predicted molar refractivity (Wildman–Crippen MR) is 50.0 cm³/mol. The van der Waals surface area contributed by atoms with Crippen molar-refractivity contribution in [2.45, 2.75) is 13.0 Å². The molecule has 0 saturated heterocycles. The summed E-state index contributed by atoms with van der Waals surface area (Å²) in [7, 11) is 0. The second-order valence-electron chi connectivity index (χ2n) is 2.73. The van der Waals surface area contributed by atoms with E-state index in [2.05, 4.69) is 16.2 Å². The number of nitrogens with zero attached hydrogens (tertiary/aromatic N) is 1. The molecule has 4 heteroatoms. The zero-order valence-electron chi connectivity index (χ0n) is 7.62. The summed E-state index contributed by atoms with van der Waals surface area (Å²) < 4.78 is 12.6. The molecular weight excluding hydrogens is 183 g/mol. The fraction of sp³-hybridized carbons (Fsp3) is 0.200. The molecule has 1 aromatic heterocycles. The topological polar surface area (TPSA) is 42.0 Å². The predicted octanol–water partition coefficient (Wildman–Crippen LogP) is 0.972. The van der Waals surface area contributed by atoms with Crippen LogP contribution in [0.1, 0.15) is 17.3 Å². The average molecular weight is 192 g/mol. The lowest BCUT2D eigenvalue weighted by Gasteiger charge is -2.06. The van der Waals surface area contributed by atoms with Gasteiger partial charge in [0.1, 0.15) is 0 Å². The third-order valence-electron chi connectivity index (χ3n) is 1.59. The van der Waals surface area contributed by atoms with Crippen molar-refractivity contribution in [1.82, 2.24) is 10.3 Å². The van der Waals surface area contributed by atoms with Crippen LogP contribution in [0.2, 0.25) is 0 Å². The molecule has 0 aliphatic heterocycles. The first kappa shape index (κ1) is 10.2. The number of carbonyl (C=O) groups is 1. The standard InChI is InChI=1S/C10H9FN2O/c1-3-7(2)13-10(14)8-4-5-12-9(11)6-8/h1,4-7H,2H3,(H,13,14). The molecule has 72 valence electrons. The van der Waals surface area contributed by atoms with Gasteiger partial charge in [-0.1, -0.05) is 5.92 Å². The summed E-state index contributed by atoms with van der Waals surface area (Å²) >= 11 is 0. The van der Waals surface area contributed by atoms with Crippen LogP contribution in [0.4, 0.5) is 4.39 Å². The number of hydrogen-bond acceptors (Lipinski definition) is 2. The molecule has 1 unspecified atom stereocenters. The van der Waals surface area contributed by atoms with Gasteiger partial charge in [0.2, 0.25) is 5.95 Å². The Kier molecular flexibility index (Phi) is 3.19. The van der Waals surface area contributed by atoms with Gasteiger partial charge in [-0.05, 0) is 13.0 Å². The minimum absolute atomic E-state index is 0.208. The van der Waals surface area contributed by atoms with Gasteiger partial charge in [-0.25, -0.2) is 4.98 Å². The number of halogens is 1. The van der Waals surface area contributed by atoms with Crippen LogP contribution in [0.3, 0.4) is 0 Å². The first-order valence-electron chi connectivity index (χ1n) is 4.02. The van der Waals surface area contributed by atoms with E-state index in [4.69, 9.17) is 6.42 Å². The van der Waals surface area contributed by atoms with Gasteiger partial charge in [0, 0.05) is 17.8 Å². The summed E-state index contributed by atoms with van der Waals surface area (Å²) in [6, 6.07) is 2.10. The molecule has 14 heavy (non-hydrogen) atoms. The summed E-state index contributed by atoms with van der Waals surface area (Å²) in [6.45, 7) is 1.66. The maximum atomic E-state index is 12.6. The number of amides is 1. The molecule has 0 fully saturated rings. The Morgan fingerprint density at radius 2 is 2.50 bits per heavy atom. The molecule has 1 heterocycles. The number of aromatic nitrogens is 1. The minimum Gasteiger partial charge on any atom is -0.339 e. The Morgan fingerprint density at radius 3 is 3.07 bits per heavy atom. The zero-order chi connectivity index (χ0) is 10.6. The molecule has 0 bridgehead atoms. The molecular formula is C10H9FN2O. The zero-order valence-corrected chi connectivity index (χ0v) is 7.62. The Morgan fingerprint density at radius 1 is 1.79 bits per heavy atom. The van der Waals surface area contributed by atoms with Crippen molar-refractivity contribution in [3.8, 4) is 12.3 Å². The van der Waals surface area contributed by atoms with Crippen LogP contribution in [0.15, 0.2) is 18.3 Å². The van der Waals surface area contributed by atoms with Gasteiger partial charge in [0.25, 0.3) is 5.91 Å². The monoisotopic (exact) mass is 192 g/mol. The molecule has 3 nitrogen and oxygen atoms in total. The van der Waals surface area contributed by atoms with Crippen molar-refractivity contribution in [1.29, 1.82) is 0 Å². The first-order valence-corrected chi connectivity index (χ1v) is 4.02. The van der Waals surface area contributed by atoms with Crippen LogP contribution >= 0.6 is 0 Å². The maximum Gasteiger partial charge on any atom is 0.252 e. The van der Waals surface area contributed by atoms with Gasteiger partial charge in [0.05, 0.1) is 6.04 Å². The fourth-order valence-electron chi connectivity index (χ4n) is 0.865. The number of terminal acetylenes is 1. The highest BCUT2D eigenvalue weighted by molar-refractivity contribution is 5.94. The molecule has 0 aliphatic rings. The second-order valence-corrected chi connectivity index (χ2v) is 2.73. The lowest BCUT2D eigenvalue weighted by Crippen LogP contribution is -2.31. The van der Waals surface area contributed by atoms with Crippen LogP contribution in [0, 0.1) is 18.3 Å². The van der Waals surface area contributed by atoms with E-state index < -0.39 is 11.9 Å². The van der Waals surface area contributed by atoms with Crippen molar-refractivity contribution in [2.24, 2.45) is 0 Å². The van der Waals surface area contributed by atoms with Crippen LogP contribution in [-0.4, -0.2) is 16.9 Å². The summed E-state index contributed by atoms with van der Waals surface area (Å²) in [6.07, 6.45) is 6.30.